The van der Waals surface area contributed by atoms with E-state index in [2.05, 4.69) is 25.5 Å². The standard InChI is InChI=1S/C24H19F2N7O2S/c25-16-7-5-15(6-8-16)19-14-33-23(27-19)36-24(29-33)32-11-9-31(10-12-32)22(34)28-21-13-20(35-30-21)17-3-1-2-4-18(17)26/h1-8,13-14H,9-12H2,(H,28,30,34). The molecule has 2 aromatic carbocycles. The van der Waals surface area contributed by atoms with Crippen molar-refractivity contribution in [3.63, 3.8) is 0 Å². The monoisotopic (exact) mass is 507 g/mol. The summed E-state index contributed by atoms with van der Waals surface area (Å²) in [4.78, 5) is 21.8. The van der Waals surface area contributed by atoms with Gasteiger partial charge in [-0.3, -0.25) is 5.32 Å². The molecule has 9 nitrogen and oxygen atoms in total. The molecule has 182 valence electrons. The molecule has 1 fully saturated rings. The highest BCUT2D eigenvalue weighted by molar-refractivity contribution is 7.20. The van der Waals surface area contributed by atoms with Crippen LogP contribution in [0.3, 0.4) is 0 Å². The molecule has 12 heteroatoms. The zero-order valence-electron chi connectivity index (χ0n) is 18.8. The molecular formula is C24H19F2N7O2S. The molecule has 3 aromatic heterocycles. The molecule has 1 N–H and O–H groups in total. The summed E-state index contributed by atoms with van der Waals surface area (Å²) in [6.07, 6.45) is 1.82. The highest BCUT2D eigenvalue weighted by Gasteiger charge is 2.25. The van der Waals surface area contributed by atoms with E-state index in [0.717, 1.165) is 21.3 Å². The van der Waals surface area contributed by atoms with Crippen LogP contribution in [0, 0.1) is 11.6 Å². The van der Waals surface area contributed by atoms with Gasteiger partial charge < -0.3 is 14.3 Å². The lowest BCUT2D eigenvalue weighted by molar-refractivity contribution is 0.208. The summed E-state index contributed by atoms with van der Waals surface area (Å²) in [5, 5.41) is 12.0. The van der Waals surface area contributed by atoms with Gasteiger partial charge in [-0.25, -0.2) is 23.1 Å². The number of urea groups is 1. The van der Waals surface area contributed by atoms with Gasteiger partial charge in [-0.1, -0.05) is 28.6 Å². The van der Waals surface area contributed by atoms with Gasteiger partial charge in [-0.15, -0.1) is 5.10 Å². The van der Waals surface area contributed by atoms with Crippen molar-refractivity contribution in [3.05, 3.63) is 72.4 Å². The highest BCUT2D eigenvalue weighted by atomic mass is 32.1. The van der Waals surface area contributed by atoms with Gasteiger partial charge in [0.1, 0.15) is 11.6 Å². The molecule has 4 heterocycles. The Balaban J connectivity index is 1.07. The van der Waals surface area contributed by atoms with Crippen LogP contribution in [0.25, 0.3) is 27.5 Å². The molecule has 0 atom stereocenters. The van der Waals surface area contributed by atoms with Crippen molar-refractivity contribution in [2.75, 3.05) is 36.4 Å². The minimum Gasteiger partial charge on any atom is -0.354 e. The van der Waals surface area contributed by atoms with E-state index in [1.165, 1.54) is 35.6 Å². The molecule has 36 heavy (non-hydrogen) atoms. The zero-order chi connectivity index (χ0) is 24.6. The third-order valence-corrected chi connectivity index (χ3v) is 6.88. The topological polar surface area (TPSA) is 91.8 Å². The van der Waals surface area contributed by atoms with Gasteiger partial charge in [0.2, 0.25) is 10.1 Å². The number of piperazine rings is 1. The second-order valence-electron chi connectivity index (χ2n) is 8.21. The van der Waals surface area contributed by atoms with E-state index in [4.69, 9.17) is 4.52 Å². The Morgan fingerprint density at radius 2 is 1.81 bits per heavy atom. The van der Waals surface area contributed by atoms with Crippen LogP contribution < -0.4 is 10.2 Å². The summed E-state index contributed by atoms with van der Waals surface area (Å²) >= 11 is 1.46. The van der Waals surface area contributed by atoms with Crippen molar-refractivity contribution in [1.82, 2.24) is 24.7 Å². The number of carbonyl (C=O) groups excluding carboxylic acids is 1. The molecule has 5 aromatic rings. The number of hydrogen-bond donors (Lipinski definition) is 1. The van der Waals surface area contributed by atoms with E-state index in [9.17, 15) is 13.6 Å². The van der Waals surface area contributed by atoms with Gasteiger partial charge in [-0.2, -0.15) is 0 Å². The second-order valence-corrected chi connectivity index (χ2v) is 9.14. The SMILES string of the molecule is O=C(Nc1cc(-c2ccccc2F)on1)N1CCN(c2nn3cc(-c4ccc(F)cc4)nc3s2)CC1. The normalized spacial score (nSPS) is 13.9. The lowest BCUT2D eigenvalue weighted by atomic mass is 10.1. The Morgan fingerprint density at radius 1 is 1.03 bits per heavy atom. The molecule has 0 spiro atoms. The van der Waals surface area contributed by atoms with Crippen LogP contribution in [0.2, 0.25) is 0 Å². The maximum absolute atomic E-state index is 14.0. The molecule has 1 aliphatic rings. The number of rotatable bonds is 4. The molecule has 1 aliphatic heterocycles. The van der Waals surface area contributed by atoms with Crippen LogP contribution in [0.4, 0.5) is 24.5 Å². The third kappa shape index (κ3) is 4.26. The number of nitrogens with one attached hydrogen (secondary N) is 1. The number of hydrogen-bond acceptors (Lipinski definition) is 7. The zero-order valence-corrected chi connectivity index (χ0v) is 19.6. The lowest BCUT2D eigenvalue weighted by Gasteiger charge is -2.34. The van der Waals surface area contributed by atoms with Gasteiger partial charge in [0.05, 0.1) is 17.5 Å². The molecule has 0 saturated carbocycles. The Kier molecular flexibility index (Phi) is 5.56. The number of amides is 2. The summed E-state index contributed by atoms with van der Waals surface area (Å²) < 4.78 is 34.1. The summed E-state index contributed by atoms with van der Waals surface area (Å²) in [5.41, 5.74) is 1.83. The quantitative estimate of drug-likeness (QED) is 0.378. The number of benzene rings is 2. The van der Waals surface area contributed by atoms with E-state index >= 15 is 0 Å². The van der Waals surface area contributed by atoms with Crippen LogP contribution in [-0.2, 0) is 0 Å². The van der Waals surface area contributed by atoms with Gasteiger partial charge in [0.15, 0.2) is 11.6 Å². The van der Waals surface area contributed by atoms with Crippen LogP contribution in [0.5, 0.6) is 0 Å². The van der Waals surface area contributed by atoms with Crippen LogP contribution in [-0.4, -0.2) is 56.9 Å². The predicted octanol–water partition coefficient (Wildman–Crippen LogP) is 4.75. The number of fused-ring (bicyclic) bond motifs is 1. The average molecular weight is 508 g/mol. The predicted molar refractivity (Wildman–Crippen MR) is 131 cm³/mol. The molecule has 0 aliphatic carbocycles. The number of anilines is 2. The first-order valence-electron chi connectivity index (χ1n) is 11.2. The van der Waals surface area contributed by atoms with Gasteiger partial charge in [0, 0.05) is 37.8 Å². The van der Waals surface area contributed by atoms with Crippen LogP contribution >= 0.6 is 11.3 Å². The first kappa shape index (κ1) is 22.2. The molecule has 2 amide bonds. The average Bonchev–Trinajstić information content (AvgIpc) is 3.60. The van der Waals surface area contributed by atoms with Crippen molar-refractivity contribution in [2.45, 2.75) is 0 Å². The van der Waals surface area contributed by atoms with Crippen molar-refractivity contribution >= 4 is 33.3 Å². The smallest absolute Gasteiger partial charge is 0.323 e. The van der Waals surface area contributed by atoms with Gasteiger partial charge in [0.25, 0.3) is 0 Å². The maximum atomic E-state index is 14.0. The summed E-state index contributed by atoms with van der Waals surface area (Å²) in [5.74, 6) is -0.256. The van der Waals surface area contributed by atoms with Crippen molar-refractivity contribution < 1.29 is 18.1 Å². The molecule has 0 unspecified atom stereocenters. The number of aromatic nitrogens is 4. The molecular weight excluding hydrogens is 488 g/mol. The molecule has 6 rings (SSSR count). The minimum atomic E-state index is -0.427. The van der Waals surface area contributed by atoms with Crippen LogP contribution in [0.15, 0.2) is 65.3 Å². The first-order valence-corrected chi connectivity index (χ1v) is 12.0. The van der Waals surface area contributed by atoms with E-state index in [0.29, 0.717) is 26.2 Å². The Labute approximate surface area is 207 Å². The number of nitrogens with zero attached hydrogens (tertiary/aromatic N) is 6. The summed E-state index contributed by atoms with van der Waals surface area (Å²) in [6, 6.07) is 13.6. The molecule has 0 bridgehead atoms. The Hall–Kier alpha value is -4.32. The lowest BCUT2D eigenvalue weighted by Crippen LogP contribution is -2.50. The summed E-state index contributed by atoms with van der Waals surface area (Å²) in [7, 11) is 0. The fourth-order valence-corrected chi connectivity index (χ4v) is 4.92. The van der Waals surface area contributed by atoms with E-state index < -0.39 is 5.82 Å². The highest BCUT2D eigenvalue weighted by Crippen LogP contribution is 2.28. The van der Waals surface area contributed by atoms with E-state index in [1.54, 1.807) is 39.7 Å². The first-order chi connectivity index (χ1) is 17.5. The third-order valence-electron chi connectivity index (χ3n) is 5.89. The second kappa shape index (κ2) is 9.04. The van der Waals surface area contributed by atoms with Crippen LogP contribution in [0.1, 0.15) is 0 Å². The van der Waals surface area contributed by atoms with Gasteiger partial charge >= 0.3 is 6.03 Å². The fraction of sp³-hybridized carbons (Fsp3) is 0.167. The molecule has 1 saturated heterocycles. The number of halogens is 2. The van der Waals surface area contributed by atoms with Crippen molar-refractivity contribution in [1.29, 1.82) is 0 Å². The molecule has 0 radical (unpaired) electrons. The van der Waals surface area contributed by atoms with Crippen molar-refractivity contribution in [2.24, 2.45) is 0 Å². The minimum absolute atomic E-state index is 0.221. The fourth-order valence-electron chi connectivity index (χ4n) is 3.99. The Bertz CT molecular complexity index is 1510. The number of imidazole rings is 1. The number of carbonyl (C=O) groups is 1. The van der Waals surface area contributed by atoms with E-state index in [-0.39, 0.29) is 29.0 Å². The van der Waals surface area contributed by atoms with Gasteiger partial charge in [-0.05, 0) is 36.4 Å². The Morgan fingerprint density at radius 3 is 2.56 bits per heavy atom. The largest absolute Gasteiger partial charge is 0.354 e. The maximum Gasteiger partial charge on any atom is 0.323 e. The van der Waals surface area contributed by atoms with Crippen molar-refractivity contribution in [3.8, 4) is 22.6 Å². The summed E-state index contributed by atoms with van der Waals surface area (Å²) in [6.45, 7) is 2.20. The van der Waals surface area contributed by atoms with E-state index in [1.807, 2.05) is 6.20 Å².